The summed E-state index contributed by atoms with van der Waals surface area (Å²) in [4.78, 5) is 11.3. The first kappa shape index (κ1) is 9.86. The van der Waals surface area contributed by atoms with Gasteiger partial charge in [-0.1, -0.05) is 0 Å². The molecular formula is C9H11ClN2O. The van der Waals surface area contributed by atoms with Crippen LogP contribution in [0.5, 0.6) is 0 Å². The van der Waals surface area contributed by atoms with Crippen molar-refractivity contribution in [3.63, 3.8) is 0 Å². The molecule has 1 aromatic carbocycles. The second-order valence-corrected chi connectivity index (χ2v) is 3.12. The highest BCUT2D eigenvalue weighted by Gasteiger charge is 2.09. The van der Waals surface area contributed by atoms with E-state index in [1.54, 1.807) is 19.1 Å². The summed E-state index contributed by atoms with van der Waals surface area (Å²) in [6.45, 7) is 1.80. The molecule has 0 aromatic heterocycles. The van der Waals surface area contributed by atoms with Gasteiger partial charge in [-0.3, -0.25) is 4.79 Å². The Labute approximate surface area is 81.7 Å². The van der Waals surface area contributed by atoms with Crippen LogP contribution >= 0.6 is 11.6 Å². The van der Waals surface area contributed by atoms with E-state index in [2.05, 4.69) is 0 Å². The molecule has 0 spiro atoms. The summed E-state index contributed by atoms with van der Waals surface area (Å²) < 4.78 is 0. The van der Waals surface area contributed by atoms with Crippen molar-refractivity contribution in [3.05, 3.63) is 23.3 Å². The molecule has 4 N–H and O–H groups in total. The number of ketones is 1. The first-order valence-corrected chi connectivity index (χ1v) is 4.34. The minimum absolute atomic E-state index is 0.0375. The van der Waals surface area contributed by atoms with Gasteiger partial charge in [-0.25, -0.2) is 0 Å². The minimum Gasteiger partial charge on any atom is -0.397 e. The van der Waals surface area contributed by atoms with Gasteiger partial charge in [-0.05, 0) is 24.6 Å². The normalized spacial score (nSPS) is 10.0. The third kappa shape index (κ3) is 1.92. The van der Waals surface area contributed by atoms with Crippen molar-refractivity contribution < 1.29 is 4.79 Å². The third-order valence-electron chi connectivity index (χ3n) is 1.85. The van der Waals surface area contributed by atoms with E-state index in [0.717, 1.165) is 5.56 Å². The van der Waals surface area contributed by atoms with Gasteiger partial charge in [0.25, 0.3) is 0 Å². The molecule has 1 aromatic rings. The van der Waals surface area contributed by atoms with Crippen LogP contribution in [0.4, 0.5) is 11.4 Å². The summed E-state index contributed by atoms with van der Waals surface area (Å²) in [6.07, 6.45) is 0. The Morgan fingerprint density at radius 2 is 1.92 bits per heavy atom. The van der Waals surface area contributed by atoms with Crippen molar-refractivity contribution in [1.82, 2.24) is 0 Å². The zero-order chi connectivity index (χ0) is 10.0. The molecule has 0 heterocycles. The van der Waals surface area contributed by atoms with E-state index in [0.29, 0.717) is 16.9 Å². The average molecular weight is 199 g/mol. The number of aryl methyl sites for hydroxylation is 1. The molecule has 0 unspecified atom stereocenters. The molecule has 0 saturated carbocycles. The summed E-state index contributed by atoms with van der Waals surface area (Å²) in [6, 6.07) is 3.24. The predicted octanol–water partition coefficient (Wildman–Crippen LogP) is 1.58. The highest BCUT2D eigenvalue weighted by molar-refractivity contribution is 6.30. The third-order valence-corrected chi connectivity index (χ3v) is 2.09. The number of benzene rings is 1. The molecule has 0 saturated heterocycles. The Morgan fingerprint density at radius 1 is 1.38 bits per heavy atom. The molecule has 3 nitrogen and oxygen atoms in total. The number of alkyl halides is 1. The summed E-state index contributed by atoms with van der Waals surface area (Å²) in [5.41, 5.74) is 13.4. The van der Waals surface area contributed by atoms with Crippen LogP contribution in [0.25, 0.3) is 0 Å². The number of carbonyl (C=O) groups is 1. The van der Waals surface area contributed by atoms with Crippen molar-refractivity contribution in [3.8, 4) is 0 Å². The quantitative estimate of drug-likeness (QED) is 0.431. The zero-order valence-corrected chi connectivity index (χ0v) is 8.06. The maximum atomic E-state index is 11.3. The number of halogens is 1. The molecule has 70 valence electrons. The lowest BCUT2D eigenvalue weighted by molar-refractivity contribution is 0.102. The van der Waals surface area contributed by atoms with Gasteiger partial charge in [-0.15, -0.1) is 11.6 Å². The molecule has 0 aliphatic heterocycles. The minimum atomic E-state index is -0.133. The van der Waals surface area contributed by atoms with Crippen LogP contribution in [0, 0.1) is 6.92 Å². The summed E-state index contributed by atoms with van der Waals surface area (Å²) >= 11 is 5.43. The molecule has 0 aliphatic rings. The van der Waals surface area contributed by atoms with E-state index in [1.165, 1.54) is 0 Å². The van der Waals surface area contributed by atoms with Gasteiger partial charge in [-0.2, -0.15) is 0 Å². The van der Waals surface area contributed by atoms with Gasteiger partial charge in [0.1, 0.15) is 0 Å². The molecule has 1 rings (SSSR count). The number of Topliss-reactive ketones (excluding diaryl/α,β-unsaturated/α-hetero) is 1. The van der Waals surface area contributed by atoms with Crippen LogP contribution in [0.3, 0.4) is 0 Å². The molecular weight excluding hydrogens is 188 g/mol. The Balaban J connectivity index is 3.23. The first-order valence-electron chi connectivity index (χ1n) is 3.81. The second kappa shape index (κ2) is 3.66. The van der Waals surface area contributed by atoms with Crippen LogP contribution < -0.4 is 11.5 Å². The van der Waals surface area contributed by atoms with Gasteiger partial charge < -0.3 is 11.5 Å². The van der Waals surface area contributed by atoms with Gasteiger partial charge in [0.05, 0.1) is 17.3 Å². The number of rotatable bonds is 2. The van der Waals surface area contributed by atoms with Crippen molar-refractivity contribution in [2.75, 3.05) is 17.3 Å². The number of anilines is 2. The average Bonchev–Trinajstić information content (AvgIpc) is 2.10. The van der Waals surface area contributed by atoms with Crippen LogP contribution in [-0.4, -0.2) is 11.7 Å². The Bertz CT molecular complexity index is 350. The predicted molar refractivity (Wildman–Crippen MR) is 55.1 cm³/mol. The summed E-state index contributed by atoms with van der Waals surface area (Å²) in [5, 5.41) is 0. The molecule has 0 aliphatic carbocycles. The topological polar surface area (TPSA) is 69.1 Å². The molecule has 0 bridgehead atoms. The van der Waals surface area contributed by atoms with Crippen molar-refractivity contribution in [2.24, 2.45) is 0 Å². The highest BCUT2D eigenvalue weighted by Crippen LogP contribution is 2.20. The van der Waals surface area contributed by atoms with Gasteiger partial charge in [0.2, 0.25) is 0 Å². The number of nitrogen functional groups attached to an aromatic ring is 2. The Kier molecular flexibility index (Phi) is 2.78. The van der Waals surface area contributed by atoms with Crippen LogP contribution in [0.1, 0.15) is 15.9 Å². The first-order chi connectivity index (χ1) is 6.06. The monoisotopic (exact) mass is 198 g/mol. The van der Waals surface area contributed by atoms with Crippen molar-refractivity contribution in [2.45, 2.75) is 6.92 Å². The number of hydrogen-bond acceptors (Lipinski definition) is 3. The Hall–Kier alpha value is -1.22. The summed E-state index contributed by atoms with van der Waals surface area (Å²) in [5.74, 6) is -0.171. The fourth-order valence-corrected chi connectivity index (χ4v) is 1.26. The van der Waals surface area contributed by atoms with Gasteiger partial charge in [0, 0.05) is 5.56 Å². The molecule has 13 heavy (non-hydrogen) atoms. The standard InChI is InChI=1S/C9H11ClN2O/c1-5-2-7(11)8(12)3-6(5)9(13)4-10/h2-3H,4,11-12H2,1H3. The van der Waals surface area contributed by atoms with E-state index in [9.17, 15) is 4.79 Å². The van der Waals surface area contributed by atoms with E-state index in [-0.39, 0.29) is 11.7 Å². The maximum absolute atomic E-state index is 11.3. The lowest BCUT2D eigenvalue weighted by Crippen LogP contribution is -2.06. The van der Waals surface area contributed by atoms with E-state index in [4.69, 9.17) is 23.1 Å². The second-order valence-electron chi connectivity index (χ2n) is 2.85. The lowest BCUT2D eigenvalue weighted by atomic mass is 10.0. The van der Waals surface area contributed by atoms with Gasteiger partial charge >= 0.3 is 0 Å². The van der Waals surface area contributed by atoms with E-state index in [1.807, 2.05) is 0 Å². The highest BCUT2D eigenvalue weighted by atomic mass is 35.5. The fourth-order valence-electron chi connectivity index (χ4n) is 1.12. The van der Waals surface area contributed by atoms with Crippen molar-refractivity contribution in [1.29, 1.82) is 0 Å². The molecule has 0 fully saturated rings. The molecule has 4 heteroatoms. The van der Waals surface area contributed by atoms with E-state index >= 15 is 0 Å². The van der Waals surface area contributed by atoms with Crippen LogP contribution in [0.15, 0.2) is 12.1 Å². The Morgan fingerprint density at radius 3 is 2.46 bits per heavy atom. The fraction of sp³-hybridized carbons (Fsp3) is 0.222. The number of hydrogen-bond donors (Lipinski definition) is 2. The molecule has 0 amide bonds. The zero-order valence-electron chi connectivity index (χ0n) is 7.30. The smallest absolute Gasteiger partial charge is 0.177 e. The summed E-state index contributed by atoms with van der Waals surface area (Å²) in [7, 11) is 0. The van der Waals surface area contributed by atoms with Crippen LogP contribution in [0.2, 0.25) is 0 Å². The van der Waals surface area contributed by atoms with Gasteiger partial charge in [0.15, 0.2) is 5.78 Å². The molecule has 0 radical (unpaired) electrons. The SMILES string of the molecule is Cc1cc(N)c(N)cc1C(=O)CCl. The van der Waals surface area contributed by atoms with Crippen molar-refractivity contribution >= 4 is 28.8 Å². The van der Waals surface area contributed by atoms with E-state index < -0.39 is 0 Å². The van der Waals surface area contributed by atoms with Crippen LogP contribution in [-0.2, 0) is 0 Å². The number of carbonyl (C=O) groups excluding carboxylic acids is 1. The lowest BCUT2D eigenvalue weighted by Gasteiger charge is -2.06. The maximum Gasteiger partial charge on any atom is 0.177 e. The largest absolute Gasteiger partial charge is 0.397 e. The number of nitrogens with two attached hydrogens (primary N) is 2. The molecule has 0 atom stereocenters.